The molecule has 1 atom stereocenters. The van der Waals surface area contributed by atoms with Gasteiger partial charge in [-0.2, -0.15) is 4.37 Å². The second-order valence-electron chi connectivity index (χ2n) is 6.03. The van der Waals surface area contributed by atoms with Crippen molar-refractivity contribution in [2.45, 2.75) is 32.4 Å². The minimum Gasteiger partial charge on any atom is -0.384 e. The van der Waals surface area contributed by atoms with Crippen LogP contribution in [-0.2, 0) is 22.5 Å². The van der Waals surface area contributed by atoms with Crippen molar-refractivity contribution in [3.05, 3.63) is 41.0 Å². The van der Waals surface area contributed by atoms with E-state index in [9.17, 15) is 9.18 Å². The van der Waals surface area contributed by atoms with Crippen molar-refractivity contribution in [2.24, 2.45) is 0 Å². The summed E-state index contributed by atoms with van der Waals surface area (Å²) in [7, 11) is 1.65. The van der Waals surface area contributed by atoms with Gasteiger partial charge in [0, 0.05) is 45.1 Å². The van der Waals surface area contributed by atoms with E-state index < -0.39 is 0 Å². The molecule has 0 fully saturated rings. The van der Waals surface area contributed by atoms with Crippen LogP contribution in [-0.4, -0.2) is 40.4 Å². The molecule has 1 aliphatic rings. The summed E-state index contributed by atoms with van der Waals surface area (Å²) in [6, 6.07) is 4.72. The molecule has 3 rings (SSSR count). The molecule has 25 heavy (non-hydrogen) atoms. The van der Waals surface area contributed by atoms with Gasteiger partial charge in [0.05, 0.1) is 12.6 Å². The molecule has 0 aliphatic carbocycles. The van der Waals surface area contributed by atoms with E-state index in [0.29, 0.717) is 26.1 Å². The summed E-state index contributed by atoms with van der Waals surface area (Å²) < 4.78 is 23.0. The summed E-state index contributed by atoms with van der Waals surface area (Å²) in [5.41, 5.74) is 1.83. The number of hydrogen-bond donors (Lipinski definition) is 1. The Morgan fingerprint density at radius 1 is 1.52 bits per heavy atom. The van der Waals surface area contributed by atoms with Gasteiger partial charge in [-0.1, -0.05) is 6.07 Å². The summed E-state index contributed by atoms with van der Waals surface area (Å²) in [5, 5.41) is 4.12. The van der Waals surface area contributed by atoms with Gasteiger partial charge in [-0.05, 0) is 29.7 Å². The highest BCUT2D eigenvalue weighted by Crippen LogP contribution is 2.31. The molecular weight excluding hydrogens is 343 g/mol. The van der Waals surface area contributed by atoms with Gasteiger partial charge in [0.25, 0.3) is 0 Å². The Kier molecular flexibility index (Phi) is 5.60. The third-order valence-corrected chi connectivity index (χ3v) is 4.95. The molecule has 1 aliphatic heterocycles. The van der Waals surface area contributed by atoms with Crippen LogP contribution in [0.5, 0.6) is 0 Å². The highest BCUT2D eigenvalue weighted by atomic mass is 32.1. The molecule has 2 heterocycles. The maximum absolute atomic E-state index is 13.7. The van der Waals surface area contributed by atoms with Crippen LogP contribution in [0, 0.1) is 5.82 Å². The van der Waals surface area contributed by atoms with Crippen LogP contribution in [0.15, 0.2) is 18.2 Å². The van der Waals surface area contributed by atoms with E-state index in [0.717, 1.165) is 28.5 Å². The van der Waals surface area contributed by atoms with E-state index in [1.165, 1.54) is 23.7 Å². The first-order valence-electron chi connectivity index (χ1n) is 8.18. The number of amides is 1. The van der Waals surface area contributed by atoms with E-state index in [-0.39, 0.29) is 17.8 Å². The van der Waals surface area contributed by atoms with Crippen molar-refractivity contribution >= 4 is 22.6 Å². The molecule has 0 spiro atoms. The standard InChI is InChI=1S/C17H21FN4O2S/c1-11(23)22-7-5-15(14-4-3-13(18)9-12(14)10-22)19-17-20-16(21-25-17)6-8-24-2/h3-4,9,15H,5-8,10H2,1-2H3,(H,19,20,21). The van der Waals surface area contributed by atoms with E-state index >= 15 is 0 Å². The average molecular weight is 364 g/mol. The van der Waals surface area contributed by atoms with Gasteiger partial charge in [0.2, 0.25) is 11.0 Å². The normalized spacial score (nSPS) is 17.1. The predicted molar refractivity (Wildman–Crippen MR) is 94.0 cm³/mol. The molecule has 6 nitrogen and oxygen atoms in total. The van der Waals surface area contributed by atoms with E-state index in [1.54, 1.807) is 25.0 Å². The third kappa shape index (κ3) is 4.32. The second-order valence-corrected chi connectivity index (χ2v) is 6.78. The lowest BCUT2D eigenvalue weighted by molar-refractivity contribution is -0.129. The Morgan fingerprint density at radius 3 is 3.12 bits per heavy atom. The Hall–Kier alpha value is -2.06. The van der Waals surface area contributed by atoms with Crippen LogP contribution in [0.3, 0.4) is 0 Å². The monoisotopic (exact) mass is 364 g/mol. The number of methoxy groups -OCH3 is 1. The topological polar surface area (TPSA) is 67.3 Å². The number of carbonyl (C=O) groups excluding carboxylic acids is 1. The molecule has 2 aromatic rings. The number of fused-ring (bicyclic) bond motifs is 1. The fraction of sp³-hybridized carbons (Fsp3) is 0.471. The van der Waals surface area contributed by atoms with Crippen LogP contribution in [0.2, 0.25) is 0 Å². The highest BCUT2D eigenvalue weighted by molar-refractivity contribution is 7.09. The lowest BCUT2D eigenvalue weighted by Crippen LogP contribution is -2.28. The van der Waals surface area contributed by atoms with E-state index in [1.807, 2.05) is 0 Å². The molecule has 1 N–H and O–H groups in total. The largest absolute Gasteiger partial charge is 0.384 e. The van der Waals surface area contributed by atoms with Gasteiger partial charge in [-0.15, -0.1) is 0 Å². The first-order chi connectivity index (χ1) is 12.1. The number of anilines is 1. The zero-order valence-electron chi connectivity index (χ0n) is 14.3. The van der Waals surface area contributed by atoms with Crippen molar-refractivity contribution in [3.63, 3.8) is 0 Å². The quantitative estimate of drug-likeness (QED) is 0.884. The smallest absolute Gasteiger partial charge is 0.219 e. The summed E-state index contributed by atoms with van der Waals surface area (Å²) in [6.45, 7) is 3.16. The molecule has 0 radical (unpaired) electrons. The molecular formula is C17H21FN4O2S. The van der Waals surface area contributed by atoms with Crippen molar-refractivity contribution < 1.29 is 13.9 Å². The summed E-state index contributed by atoms with van der Waals surface area (Å²) in [5.74, 6) is 0.446. The lowest BCUT2D eigenvalue weighted by atomic mass is 9.99. The Bertz CT molecular complexity index is 752. The molecule has 1 unspecified atom stereocenters. The van der Waals surface area contributed by atoms with Crippen LogP contribution in [0.1, 0.15) is 36.3 Å². The Labute approximate surface area is 150 Å². The second kappa shape index (κ2) is 7.88. The maximum atomic E-state index is 13.7. The van der Waals surface area contributed by atoms with E-state index in [2.05, 4.69) is 14.7 Å². The predicted octanol–water partition coefficient (Wildman–Crippen LogP) is 2.77. The van der Waals surface area contributed by atoms with Crippen molar-refractivity contribution in [2.75, 3.05) is 25.6 Å². The molecule has 1 aromatic heterocycles. The number of hydrogen-bond acceptors (Lipinski definition) is 6. The minimum absolute atomic E-state index is 0.00590. The average Bonchev–Trinajstić information content (AvgIpc) is 2.94. The number of halogens is 1. The van der Waals surface area contributed by atoms with Crippen LogP contribution < -0.4 is 5.32 Å². The zero-order chi connectivity index (χ0) is 17.8. The molecule has 0 bridgehead atoms. The molecule has 1 amide bonds. The van der Waals surface area contributed by atoms with Crippen molar-refractivity contribution in [1.82, 2.24) is 14.3 Å². The SMILES string of the molecule is COCCc1nsc(NC2CCN(C(C)=O)Cc3cc(F)ccc32)n1. The molecule has 0 saturated carbocycles. The maximum Gasteiger partial charge on any atom is 0.219 e. The van der Waals surface area contributed by atoms with Crippen LogP contribution in [0.25, 0.3) is 0 Å². The molecule has 0 saturated heterocycles. The van der Waals surface area contributed by atoms with Crippen LogP contribution >= 0.6 is 11.5 Å². The number of nitrogens with zero attached hydrogens (tertiary/aromatic N) is 3. The van der Waals surface area contributed by atoms with Crippen molar-refractivity contribution in [3.8, 4) is 0 Å². The summed E-state index contributed by atoms with van der Waals surface area (Å²) in [6.07, 6.45) is 1.39. The molecule has 8 heteroatoms. The highest BCUT2D eigenvalue weighted by Gasteiger charge is 2.24. The number of aromatic nitrogens is 2. The number of carbonyl (C=O) groups is 1. The van der Waals surface area contributed by atoms with Gasteiger partial charge in [0.1, 0.15) is 11.6 Å². The van der Waals surface area contributed by atoms with E-state index in [4.69, 9.17) is 4.74 Å². The third-order valence-electron chi connectivity index (χ3n) is 4.27. The van der Waals surface area contributed by atoms with Gasteiger partial charge in [-0.3, -0.25) is 4.79 Å². The van der Waals surface area contributed by atoms with Gasteiger partial charge < -0.3 is 15.0 Å². The van der Waals surface area contributed by atoms with Crippen molar-refractivity contribution in [1.29, 1.82) is 0 Å². The molecule has 1 aromatic carbocycles. The zero-order valence-corrected chi connectivity index (χ0v) is 15.1. The number of benzene rings is 1. The van der Waals surface area contributed by atoms with Crippen LogP contribution in [0.4, 0.5) is 9.52 Å². The minimum atomic E-state index is -0.291. The lowest BCUT2D eigenvalue weighted by Gasteiger charge is -2.19. The Balaban J connectivity index is 1.81. The number of ether oxygens (including phenoxy) is 1. The summed E-state index contributed by atoms with van der Waals surface area (Å²) in [4.78, 5) is 18.0. The van der Waals surface area contributed by atoms with Gasteiger partial charge >= 0.3 is 0 Å². The molecule has 134 valence electrons. The Morgan fingerprint density at radius 2 is 2.36 bits per heavy atom. The fourth-order valence-electron chi connectivity index (χ4n) is 2.95. The first-order valence-corrected chi connectivity index (χ1v) is 8.96. The number of rotatable bonds is 5. The van der Waals surface area contributed by atoms with Gasteiger partial charge in [-0.25, -0.2) is 9.37 Å². The first kappa shape index (κ1) is 17.8. The fourth-order valence-corrected chi connectivity index (χ4v) is 3.62. The summed E-state index contributed by atoms with van der Waals surface area (Å²) >= 11 is 1.30. The van der Waals surface area contributed by atoms with Gasteiger partial charge in [0.15, 0.2) is 0 Å². The number of nitrogens with one attached hydrogen (secondary N) is 1.